The molecule has 3 rings (SSSR count). The smallest absolute Gasteiger partial charge is 0.324 e. The van der Waals surface area contributed by atoms with Crippen LogP contribution in [0.5, 0.6) is 0 Å². The van der Waals surface area contributed by atoms with E-state index in [0.717, 1.165) is 5.69 Å². The van der Waals surface area contributed by atoms with Crippen molar-refractivity contribution in [2.75, 3.05) is 50.0 Å². The van der Waals surface area contributed by atoms with Gasteiger partial charge in [0, 0.05) is 51.1 Å². The summed E-state index contributed by atoms with van der Waals surface area (Å²) in [6.45, 7) is 4.78. The Labute approximate surface area is 153 Å². The monoisotopic (exact) mass is 359 g/mol. The maximum atomic E-state index is 12.5. The van der Waals surface area contributed by atoms with Crippen LogP contribution >= 0.6 is 0 Å². The van der Waals surface area contributed by atoms with Gasteiger partial charge in [-0.2, -0.15) is 0 Å². The standard InChI is InChI=1S/C18H25N5O3/c1-3-19-16(24)13-7-8-22(12-13)17(25)20-14-5-4-6-15(11-14)23-10-9-21(2)18(23)26/h4-6,11,13H,3,7-10,12H2,1-2H3,(H,19,24)(H,20,25). The molecular weight excluding hydrogens is 334 g/mol. The molecule has 140 valence electrons. The van der Waals surface area contributed by atoms with Gasteiger partial charge in [0.1, 0.15) is 0 Å². The fourth-order valence-corrected chi connectivity index (χ4v) is 3.32. The van der Waals surface area contributed by atoms with Crippen LogP contribution in [0.1, 0.15) is 13.3 Å². The molecule has 1 atom stereocenters. The number of hydrogen-bond acceptors (Lipinski definition) is 3. The number of urea groups is 2. The zero-order chi connectivity index (χ0) is 18.7. The van der Waals surface area contributed by atoms with E-state index in [1.54, 1.807) is 33.9 Å². The number of anilines is 2. The van der Waals surface area contributed by atoms with E-state index in [0.29, 0.717) is 44.8 Å². The Hall–Kier alpha value is -2.77. The van der Waals surface area contributed by atoms with Gasteiger partial charge in [-0.1, -0.05) is 6.07 Å². The van der Waals surface area contributed by atoms with Gasteiger partial charge in [-0.25, -0.2) is 9.59 Å². The minimum Gasteiger partial charge on any atom is -0.356 e. The van der Waals surface area contributed by atoms with Crippen LogP contribution in [0, 0.1) is 5.92 Å². The van der Waals surface area contributed by atoms with Crippen molar-refractivity contribution < 1.29 is 14.4 Å². The molecule has 0 saturated carbocycles. The third-order valence-corrected chi connectivity index (χ3v) is 4.82. The van der Waals surface area contributed by atoms with Crippen LogP contribution in [-0.4, -0.2) is 67.5 Å². The minimum absolute atomic E-state index is 0.00135. The quantitative estimate of drug-likeness (QED) is 0.855. The average Bonchev–Trinajstić information content (AvgIpc) is 3.24. The Balaban J connectivity index is 1.61. The zero-order valence-electron chi connectivity index (χ0n) is 15.2. The Morgan fingerprint density at radius 3 is 2.73 bits per heavy atom. The lowest BCUT2D eigenvalue weighted by Crippen LogP contribution is -2.36. The lowest BCUT2D eigenvalue weighted by Gasteiger charge is -2.19. The maximum Gasteiger partial charge on any atom is 0.324 e. The van der Waals surface area contributed by atoms with Crippen molar-refractivity contribution in [2.24, 2.45) is 5.92 Å². The van der Waals surface area contributed by atoms with Crippen molar-refractivity contribution in [2.45, 2.75) is 13.3 Å². The summed E-state index contributed by atoms with van der Waals surface area (Å²) in [4.78, 5) is 41.5. The second-order valence-electron chi connectivity index (χ2n) is 6.66. The van der Waals surface area contributed by atoms with Crippen LogP contribution in [0.4, 0.5) is 21.0 Å². The van der Waals surface area contributed by atoms with Gasteiger partial charge in [0.25, 0.3) is 0 Å². The average molecular weight is 359 g/mol. The van der Waals surface area contributed by atoms with E-state index in [1.165, 1.54) is 0 Å². The molecule has 1 aromatic carbocycles. The second kappa shape index (κ2) is 7.63. The molecule has 26 heavy (non-hydrogen) atoms. The number of benzene rings is 1. The highest BCUT2D eigenvalue weighted by Crippen LogP contribution is 2.24. The van der Waals surface area contributed by atoms with Crippen LogP contribution in [0.3, 0.4) is 0 Å². The minimum atomic E-state index is -0.223. The number of likely N-dealkylation sites (N-methyl/N-ethyl adjacent to an activating group) is 1. The summed E-state index contributed by atoms with van der Waals surface area (Å²) in [5.74, 6) is -0.147. The fraction of sp³-hybridized carbons (Fsp3) is 0.500. The van der Waals surface area contributed by atoms with Crippen molar-refractivity contribution in [1.29, 1.82) is 0 Å². The number of carbonyl (C=O) groups excluding carboxylic acids is 3. The third kappa shape index (κ3) is 3.74. The lowest BCUT2D eigenvalue weighted by molar-refractivity contribution is -0.124. The number of nitrogens with zero attached hydrogens (tertiary/aromatic N) is 3. The summed E-state index contributed by atoms with van der Waals surface area (Å²) in [5.41, 5.74) is 1.40. The van der Waals surface area contributed by atoms with Crippen molar-refractivity contribution in [3.8, 4) is 0 Å². The van der Waals surface area contributed by atoms with Crippen molar-refractivity contribution >= 4 is 29.3 Å². The Morgan fingerprint density at radius 1 is 1.23 bits per heavy atom. The first-order chi connectivity index (χ1) is 12.5. The molecule has 2 N–H and O–H groups in total. The molecule has 2 aliphatic heterocycles. The van der Waals surface area contributed by atoms with Crippen LogP contribution in [0.15, 0.2) is 24.3 Å². The van der Waals surface area contributed by atoms with Gasteiger partial charge in [0.15, 0.2) is 0 Å². The van der Waals surface area contributed by atoms with E-state index >= 15 is 0 Å². The van der Waals surface area contributed by atoms with E-state index in [2.05, 4.69) is 10.6 Å². The number of amides is 5. The third-order valence-electron chi connectivity index (χ3n) is 4.82. The molecule has 2 saturated heterocycles. The number of likely N-dealkylation sites (tertiary alicyclic amines) is 1. The van der Waals surface area contributed by atoms with Gasteiger partial charge in [0.2, 0.25) is 5.91 Å². The van der Waals surface area contributed by atoms with Gasteiger partial charge in [-0.15, -0.1) is 0 Å². The summed E-state index contributed by atoms with van der Waals surface area (Å²) in [5, 5.41) is 5.67. The molecule has 0 radical (unpaired) electrons. The normalized spacial score (nSPS) is 19.8. The van der Waals surface area contributed by atoms with Gasteiger partial charge in [-0.3, -0.25) is 9.69 Å². The van der Waals surface area contributed by atoms with E-state index < -0.39 is 0 Å². The molecule has 0 bridgehead atoms. The summed E-state index contributed by atoms with van der Waals surface area (Å²) < 4.78 is 0. The molecule has 1 unspecified atom stereocenters. The van der Waals surface area contributed by atoms with Gasteiger partial charge < -0.3 is 20.4 Å². The molecular formula is C18H25N5O3. The Bertz CT molecular complexity index is 708. The van der Waals surface area contributed by atoms with Crippen LogP contribution in [0.2, 0.25) is 0 Å². The highest BCUT2D eigenvalue weighted by atomic mass is 16.2. The number of nitrogens with one attached hydrogen (secondary N) is 2. The fourth-order valence-electron chi connectivity index (χ4n) is 3.32. The molecule has 0 aromatic heterocycles. The number of carbonyl (C=O) groups is 3. The molecule has 2 fully saturated rings. The topological polar surface area (TPSA) is 85.0 Å². The van der Waals surface area contributed by atoms with Crippen LogP contribution in [-0.2, 0) is 4.79 Å². The molecule has 2 heterocycles. The van der Waals surface area contributed by atoms with Gasteiger partial charge in [-0.05, 0) is 31.5 Å². The molecule has 8 nitrogen and oxygen atoms in total. The summed E-state index contributed by atoms with van der Waals surface area (Å²) in [6.07, 6.45) is 0.675. The molecule has 1 aromatic rings. The number of rotatable bonds is 4. The Kier molecular flexibility index (Phi) is 5.29. The van der Waals surface area contributed by atoms with Crippen LogP contribution < -0.4 is 15.5 Å². The van der Waals surface area contributed by atoms with Crippen molar-refractivity contribution in [3.05, 3.63) is 24.3 Å². The zero-order valence-corrected chi connectivity index (χ0v) is 15.2. The van der Waals surface area contributed by atoms with Crippen molar-refractivity contribution in [3.63, 3.8) is 0 Å². The maximum absolute atomic E-state index is 12.5. The van der Waals surface area contributed by atoms with Crippen LogP contribution in [0.25, 0.3) is 0 Å². The predicted molar refractivity (Wildman–Crippen MR) is 99.2 cm³/mol. The summed E-state index contributed by atoms with van der Waals surface area (Å²) >= 11 is 0. The largest absolute Gasteiger partial charge is 0.356 e. The molecule has 2 aliphatic rings. The summed E-state index contributed by atoms with van der Waals surface area (Å²) in [6, 6.07) is 7.00. The lowest BCUT2D eigenvalue weighted by atomic mass is 10.1. The highest BCUT2D eigenvalue weighted by molar-refractivity contribution is 5.96. The second-order valence-corrected chi connectivity index (χ2v) is 6.66. The first-order valence-corrected chi connectivity index (χ1v) is 8.96. The molecule has 8 heteroatoms. The molecule has 0 spiro atoms. The van der Waals surface area contributed by atoms with E-state index in [4.69, 9.17) is 0 Å². The number of hydrogen-bond donors (Lipinski definition) is 2. The van der Waals surface area contributed by atoms with Gasteiger partial charge in [0.05, 0.1) is 5.92 Å². The summed E-state index contributed by atoms with van der Waals surface area (Å²) in [7, 11) is 1.77. The van der Waals surface area contributed by atoms with E-state index in [-0.39, 0.29) is 23.9 Å². The SMILES string of the molecule is CCNC(=O)C1CCN(C(=O)Nc2cccc(N3CCN(C)C3=O)c2)C1. The van der Waals surface area contributed by atoms with Gasteiger partial charge >= 0.3 is 12.1 Å². The molecule has 5 amide bonds. The van der Waals surface area contributed by atoms with E-state index in [1.807, 2.05) is 19.1 Å². The van der Waals surface area contributed by atoms with Crippen molar-refractivity contribution in [1.82, 2.24) is 15.1 Å². The molecule has 0 aliphatic carbocycles. The highest BCUT2D eigenvalue weighted by Gasteiger charge is 2.31. The van der Waals surface area contributed by atoms with E-state index in [9.17, 15) is 14.4 Å². The predicted octanol–water partition coefficient (Wildman–Crippen LogP) is 1.55. The Morgan fingerprint density at radius 2 is 2.04 bits per heavy atom. The first-order valence-electron chi connectivity index (χ1n) is 8.96. The first kappa shape index (κ1) is 18.0.